The van der Waals surface area contributed by atoms with Gasteiger partial charge in [0, 0.05) is 24.7 Å². The van der Waals surface area contributed by atoms with Gasteiger partial charge in [-0.15, -0.1) is 0 Å². The van der Waals surface area contributed by atoms with E-state index >= 15 is 0 Å². The molecule has 1 aliphatic rings. The Kier molecular flexibility index (Phi) is 6.63. The largest absolute Gasteiger partial charge is 0.349 e. The van der Waals surface area contributed by atoms with Crippen LogP contribution in [-0.4, -0.2) is 37.8 Å². The fourth-order valence-electron chi connectivity index (χ4n) is 3.39. The molecule has 0 unspecified atom stereocenters. The lowest BCUT2D eigenvalue weighted by Crippen LogP contribution is -2.37. The molecular formula is C19H30N2O3S. The molecule has 1 N–H and O–H groups in total. The van der Waals surface area contributed by atoms with Crippen LogP contribution >= 0.6 is 0 Å². The molecule has 0 bridgehead atoms. The van der Waals surface area contributed by atoms with Crippen LogP contribution in [0.15, 0.2) is 23.1 Å². The predicted molar refractivity (Wildman–Crippen MR) is 100 cm³/mol. The number of nitrogens with one attached hydrogen (secondary N) is 1. The van der Waals surface area contributed by atoms with E-state index in [1.165, 1.54) is 10.4 Å². The number of carbonyl (C=O) groups is 1. The molecule has 140 valence electrons. The highest BCUT2D eigenvalue weighted by Gasteiger charge is 2.25. The van der Waals surface area contributed by atoms with Gasteiger partial charge in [0.1, 0.15) is 0 Å². The van der Waals surface area contributed by atoms with E-state index in [4.69, 9.17) is 0 Å². The molecule has 0 spiro atoms. The number of sulfonamides is 1. The lowest BCUT2D eigenvalue weighted by molar-refractivity contribution is 0.0923. The molecule has 1 saturated carbocycles. The van der Waals surface area contributed by atoms with Crippen molar-refractivity contribution in [3.63, 3.8) is 0 Å². The predicted octanol–water partition coefficient (Wildman–Crippen LogP) is 3.33. The summed E-state index contributed by atoms with van der Waals surface area (Å²) in [6.07, 6.45) is 4.23. The number of amides is 1. The summed E-state index contributed by atoms with van der Waals surface area (Å²) in [5.74, 6) is 0.536. The molecule has 1 fully saturated rings. The van der Waals surface area contributed by atoms with Gasteiger partial charge in [-0.05, 0) is 56.2 Å². The third kappa shape index (κ3) is 4.61. The van der Waals surface area contributed by atoms with Crippen molar-refractivity contribution in [1.29, 1.82) is 0 Å². The number of carbonyl (C=O) groups excluding carboxylic acids is 1. The quantitative estimate of drug-likeness (QED) is 0.840. The maximum atomic E-state index is 12.8. The Balaban J connectivity index is 2.22. The van der Waals surface area contributed by atoms with Gasteiger partial charge in [-0.3, -0.25) is 4.79 Å². The summed E-state index contributed by atoms with van der Waals surface area (Å²) in [6.45, 7) is 8.46. The molecule has 0 aliphatic heterocycles. The molecule has 0 atom stereocenters. The molecule has 6 heteroatoms. The van der Waals surface area contributed by atoms with E-state index in [-0.39, 0.29) is 16.8 Å². The van der Waals surface area contributed by atoms with E-state index in [1.807, 2.05) is 13.8 Å². The summed E-state index contributed by atoms with van der Waals surface area (Å²) in [6, 6.07) is 5.13. The standard InChI is InChI=1S/C19H30N2O3S/c1-5-21(6-2)25(23,24)18-13-16(10-9-15(18)4)19(22)20-17-11-7-14(3)8-12-17/h9-10,13-14,17H,5-8,11-12H2,1-4H3,(H,20,22). The van der Waals surface area contributed by atoms with E-state index in [2.05, 4.69) is 12.2 Å². The molecule has 0 radical (unpaired) electrons. The fourth-order valence-corrected chi connectivity index (χ4v) is 5.10. The maximum absolute atomic E-state index is 12.8. The average Bonchev–Trinajstić information content (AvgIpc) is 2.58. The molecule has 0 saturated heterocycles. The maximum Gasteiger partial charge on any atom is 0.251 e. The van der Waals surface area contributed by atoms with Gasteiger partial charge in [0.25, 0.3) is 5.91 Å². The van der Waals surface area contributed by atoms with Crippen LogP contribution in [0.4, 0.5) is 0 Å². The lowest BCUT2D eigenvalue weighted by atomic mass is 9.87. The number of nitrogens with zero attached hydrogens (tertiary/aromatic N) is 1. The molecule has 1 aromatic carbocycles. The van der Waals surface area contributed by atoms with E-state index in [0.717, 1.165) is 31.6 Å². The van der Waals surface area contributed by atoms with Crippen LogP contribution in [0.25, 0.3) is 0 Å². The van der Waals surface area contributed by atoms with Crippen LogP contribution in [-0.2, 0) is 10.0 Å². The number of aryl methyl sites for hydroxylation is 1. The smallest absolute Gasteiger partial charge is 0.251 e. The summed E-state index contributed by atoms with van der Waals surface area (Å²) < 4.78 is 27.0. The minimum Gasteiger partial charge on any atom is -0.349 e. The first-order valence-corrected chi connectivity index (χ1v) is 10.6. The number of hydrogen-bond acceptors (Lipinski definition) is 3. The van der Waals surface area contributed by atoms with Gasteiger partial charge < -0.3 is 5.32 Å². The zero-order valence-corrected chi connectivity index (χ0v) is 16.5. The third-order valence-electron chi connectivity index (χ3n) is 5.12. The molecule has 1 amide bonds. The van der Waals surface area contributed by atoms with Gasteiger partial charge in [-0.2, -0.15) is 4.31 Å². The molecule has 1 aromatic rings. The Morgan fingerprint density at radius 2 is 1.76 bits per heavy atom. The second kappa shape index (κ2) is 8.32. The summed E-state index contributed by atoms with van der Waals surface area (Å²) in [5.41, 5.74) is 1.07. The SMILES string of the molecule is CCN(CC)S(=O)(=O)c1cc(C(=O)NC2CCC(C)CC2)ccc1C. The topological polar surface area (TPSA) is 66.5 Å². The molecule has 0 heterocycles. The van der Waals surface area contributed by atoms with Crippen LogP contribution in [0.5, 0.6) is 0 Å². The number of benzene rings is 1. The zero-order valence-electron chi connectivity index (χ0n) is 15.7. The Hall–Kier alpha value is -1.40. The highest BCUT2D eigenvalue weighted by atomic mass is 32.2. The monoisotopic (exact) mass is 366 g/mol. The van der Waals surface area contributed by atoms with E-state index in [0.29, 0.717) is 24.2 Å². The van der Waals surface area contributed by atoms with Crippen molar-refractivity contribution in [2.75, 3.05) is 13.1 Å². The zero-order chi connectivity index (χ0) is 18.6. The van der Waals surface area contributed by atoms with Gasteiger partial charge in [0.2, 0.25) is 10.0 Å². The van der Waals surface area contributed by atoms with Gasteiger partial charge in [0.05, 0.1) is 4.90 Å². The summed E-state index contributed by atoms with van der Waals surface area (Å²) in [5, 5.41) is 3.06. The molecule has 2 rings (SSSR count). The van der Waals surface area contributed by atoms with Crippen LogP contribution < -0.4 is 5.32 Å². The van der Waals surface area contributed by atoms with Crippen LogP contribution in [0.1, 0.15) is 62.4 Å². The van der Waals surface area contributed by atoms with Crippen molar-refractivity contribution in [1.82, 2.24) is 9.62 Å². The van der Waals surface area contributed by atoms with Crippen molar-refractivity contribution in [2.24, 2.45) is 5.92 Å². The Morgan fingerprint density at radius 3 is 2.32 bits per heavy atom. The molecule has 0 aromatic heterocycles. The first kappa shape index (κ1) is 19.9. The summed E-state index contributed by atoms with van der Waals surface area (Å²) in [7, 11) is -3.57. The van der Waals surface area contributed by atoms with E-state index < -0.39 is 10.0 Å². The highest BCUT2D eigenvalue weighted by Crippen LogP contribution is 2.25. The van der Waals surface area contributed by atoms with Crippen LogP contribution in [0, 0.1) is 12.8 Å². The Labute approximate surface area is 151 Å². The average molecular weight is 367 g/mol. The molecule has 1 aliphatic carbocycles. The van der Waals surface area contributed by atoms with Gasteiger partial charge in [-0.1, -0.05) is 26.8 Å². The van der Waals surface area contributed by atoms with Gasteiger partial charge >= 0.3 is 0 Å². The Morgan fingerprint density at radius 1 is 1.16 bits per heavy atom. The first-order valence-electron chi connectivity index (χ1n) is 9.21. The highest BCUT2D eigenvalue weighted by molar-refractivity contribution is 7.89. The summed E-state index contributed by atoms with van der Waals surface area (Å²) in [4.78, 5) is 12.8. The van der Waals surface area contributed by atoms with Gasteiger partial charge in [0.15, 0.2) is 0 Å². The molecule has 5 nitrogen and oxygen atoms in total. The van der Waals surface area contributed by atoms with E-state index in [1.54, 1.807) is 19.1 Å². The van der Waals surface area contributed by atoms with Crippen LogP contribution in [0.2, 0.25) is 0 Å². The molecular weight excluding hydrogens is 336 g/mol. The van der Waals surface area contributed by atoms with Crippen LogP contribution in [0.3, 0.4) is 0 Å². The fraction of sp³-hybridized carbons (Fsp3) is 0.632. The third-order valence-corrected chi connectivity index (χ3v) is 7.32. The van der Waals surface area contributed by atoms with E-state index in [9.17, 15) is 13.2 Å². The Bertz CT molecular complexity index is 703. The van der Waals surface area contributed by atoms with Crippen molar-refractivity contribution >= 4 is 15.9 Å². The number of rotatable bonds is 6. The first-order chi connectivity index (χ1) is 11.8. The second-order valence-corrected chi connectivity index (χ2v) is 8.91. The number of hydrogen-bond donors (Lipinski definition) is 1. The second-order valence-electron chi connectivity index (χ2n) is 7.00. The minimum atomic E-state index is -3.57. The molecule has 25 heavy (non-hydrogen) atoms. The summed E-state index contributed by atoms with van der Waals surface area (Å²) >= 11 is 0. The van der Waals surface area contributed by atoms with Crippen molar-refractivity contribution in [3.05, 3.63) is 29.3 Å². The van der Waals surface area contributed by atoms with Crippen molar-refractivity contribution in [2.45, 2.75) is 64.3 Å². The minimum absolute atomic E-state index is 0.185. The van der Waals surface area contributed by atoms with Gasteiger partial charge in [-0.25, -0.2) is 8.42 Å². The van der Waals surface area contributed by atoms with Crippen molar-refractivity contribution in [3.8, 4) is 0 Å². The lowest BCUT2D eigenvalue weighted by Gasteiger charge is -2.27. The normalized spacial score (nSPS) is 21.3. The van der Waals surface area contributed by atoms with Crippen molar-refractivity contribution < 1.29 is 13.2 Å².